The van der Waals surface area contributed by atoms with E-state index >= 15 is 0 Å². The van der Waals surface area contributed by atoms with Gasteiger partial charge in [0.1, 0.15) is 11.5 Å². The van der Waals surface area contributed by atoms with E-state index in [1.165, 1.54) is 4.90 Å². The number of imide groups is 1. The maximum Gasteiger partial charge on any atom is 0.261 e. The Morgan fingerprint density at radius 2 is 1.80 bits per heavy atom. The molecule has 1 atom stereocenters. The molecule has 0 unspecified atom stereocenters. The first-order chi connectivity index (χ1) is 14.4. The zero-order valence-electron chi connectivity index (χ0n) is 17.0. The second kappa shape index (κ2) is 8.28. The molecule has 0 aliphatic carbocycles. The van der Waals surface area contributed by atoms with Crippen LogP contribution < -0.4 is 10.1 Å². The van der Waals surface area contributed by atoms with Crippen molar-refractivity contribution < 1.29 is 23.9 Å². The lowest BCUT2D eigenvalue weighted by molar-refractivity contribution is -0.118. The summed E-state index contributed by atoms with van der Waals surface area (Å²) in [7, 11) is 0. The molecule has 3 amide bonds. The second-order valence-corrected chi connectivity index (χ2v) is 7.83. The zero-order valence-corrected chi connectivity index (χ0v) is 17.0. The summed E-state index contributed by atoms with van der Waals surface area (Å²) in [5.74, 6) is 0.258. The maximum atomic E-state index is 12.8. The number of hydrogen-bond acceptors (Lipinski definition) is 5. The van der Waals surface area contributed by atoms with Crippen molar-refractivity contribution in [1.29, 1.82) is 0 Å². The van der Waals surface area contributed by atoms with Crippen LogP contribution in [-0.2, 0) is 9.53 Å². The Morgan fingerprint density at radius 1 is 1.10 bits per heavy atom. The molecule has 0 bridgehead atoms. The summed E-state index contributed by atoms with van der Waals surface area (Å²) in [6.07, 6.45) is 1.72. The first kappa shape index (κ1) is 20.1. The third-order valence-electron chi connectivity index (χ3n) is 5.23. The Balaban J connectivity index is 1.45. The van der Waals surface area contributed by atoms with Crippen LogP contribution in [0.4, 0.5) is 5.69 Å². The third-order valence-corrected chi connectivity index (χ3v) is 5.23. The van der Waals surface area contributed by atoms with Gasteiger partial charge in [0.25, 0.3) is 11.8 Å². The van der Waals surface area contributed by atoms with Crippen LogP contribution in [0, 0.1) is 5.92 Å². The minimum Gasteiger partial charge on any atom is -0.457 e. The molecule has 0 saturated carbocycles. The average Bonchev–Trinajstić information content (AvgIpc) is 3.32. The van der Waals surface area contributed by atoms with Crippen LogP contribution in [0.5, 0.6) is 11.5 Å². The summed E-state index contributed by atoms with van der Waals surface area (Å²) in [4.78, 5) is 38.4. The Labute approximate surface area is 175 Å². The summed E-state index contributed by atoms with van der Waals surface area (Å²) < 4.78 is 11.4. The molecule has 1 fully saturated rings. The number of carbonyl (C=O) groups is 3. The second-order valence-electron chi connectivity index (χ2n) is 7.83. The highest BCUT2D eigenvalue weighted by Crippen LogP contribution is 2.30. The summed E-state index contributed by atoms with van der Waals surface area (Å²) in [5, 5.41) is 2.82. The van der Waals surface area contributed by atoms with Gasteiger partial charge in [0.2, 0.25) is 5.91 Å². The number of carbonyl (C=O) groups excluding carboxylic acids is 3. The third kappa shape index (κ3) is 4.07. The lowest BCUT2D eigenvalue weighted by Crippen LogP contribution is -2.36. The predicted octanol–water partition coefficient (Wildman–Crippen LogP) is 3.85. The smallest absolute Gasteiger partial charge is 0.261 e. The summed E-state index contributed by atoms with van der Waals surface area (Å²) in [5.41, 5.74) is 1.41. The molecule has 2 heterocycles. The fourth-order valence-electron chi connectivity index (χ4n) is 3.52. The molecular formula is C23H24N2O5. The van der Waals surface area contributed by atoms with E-state index < -0.39 is 0 Å². The molecular weight excluding hydrogens is 384 g/mol. The van der Waals surface area contributed by atoms with Gasteiger partial charge in [-0.1, -0.05) is 13.8 Å². The molecule has 7 heteroatoms. The standard InChI is InChI=1S/C23H24N2O5/c1-14(2)21(26)24-15-5-7-16(8-6-15)30-17-9-10-19-20(12-17)23(28)25(22(19)27)13-18-4-3-11-29-18/h5-10,12,14,18H,3-4,11,13H2,1-2H3,(H,24,26)/t18-/m0/s1. The molecule has 2 aliphatic rings. The van der Waals surface area contributed by atoms with E-state index in [0.29, 0.717) is 34.9 Å². The number of amides is 3. The first-order valence-corrected chi connectivity index (χ1v) is 10.1. The Kier molecular flexibility index (Phi) is 5.55. The summed E-state index contributed by atoms with van der Waals surface area (Å²) in [6, 6.07) is 11.9. The van der Waals surface area contributed by atoms with Gasteiger partial charge in [-0.3, -0.25) is 19.3 Å². The quantitative estimate of drug-likeness (QED) is 0.734. The number of benzene rings is 2. The van der Waals surface area contributed by atoms with Crippen LogP contribution >= 0.6 is 0 Å². The number of ether oxygens (including phenoxy) is 2. The fourth-order valence-corrected chi connectivity index (χ4v) is 3.52. The molecule has 2 aromatic carbocycles. The van der Waals surface area contributed by atoms with Crippen LogP contribution in [0.3, 0.4) is 0 Å². The molecule has 0 aromatic heterocycles. The van der Waals surface area contributed by atoms with Gasteiger partial charge in [0.15, 0.2) is 0 Å². The number of anilines is 1. The number of hydrogen-bond donors (Lipinski definition) is 1. The minimum absolute atomic E-state index is 0.0574. The molecule has 2 aliphatic heterocycles. The highest BCUT2D eigenvalue weighted by molar-refractivity contribution is 6.21. The summed E-state index contributed by atoms with van der Waals surface area (Å²) in [6.45, 7) is 4.61. The van der Waals surface area contributed by atoms with Crippen molar-refractivity contribution in [2.24, 2.45) is 5.92 Å². The molecule has 0 radical (unpaired) electrons. The number of rotatable bonds is 6. The van der Waals surface area contributed by atoms with Crippen molar-refractivity contribution in [3.05, 3.63) is 53.6 Å². The van der Waals surface area contributed by atoms with Crippen molar-refractivity contribution in [2.75, 3.05) is 18.5 Å². The minimum atomic E-state index is -0.317. The van der Waals surface area contributed by atoms with E-state index in [-0.39, 0.29) is 36.3 Å². The van der Waals surface area contributed by atoms with Gasteiger partial charge < -0.3 is 14.8 Å². The van der Waals surface area contributed by atoms with Gasteiger partial charge >= 0.3 is 0 Å². The predicted molar refractivity (Wildman–Crippen MR) is 111 cm³/mol. The van der Waals surface area contributed by atoms with Crippen molar-refractivity contribution >= 4 is 23.4 Å². The normalized spacial score (nSPS) is 18.1. The van der Waals surface area contributed by atoms with E-state index in [1.807, 2.05) is 13.8 Å². The number of nitrogens with zero attached hydrogens (tertiary/aromatic N) is 1. The Morgan fingerprint density at radius 3 is 2.47 bits per heavy atom. The van der Waals surface area contributed by atoms with Gasteiger partial charge in [-0.15, -0.1) is 0 Å². The zero-order chi connectivity index (χ0) is 21.3. The van der Waals surface area contributed by atoms with Crippen LogP contribution in [-0.4, -0.2) is 41.9 Å². The first-order valence-electron chi connectivity index (χ1n) is 10.1. The number of nitrogens with one attached hydrogen (secondary N) is 1. The maximum absolute atomic E-state index is 12.8. The van der Waals surface area contributed by atoms with Crippen molar-refractivity contribution in [1.82, 2.24) is 4.90 Å². The van der Waals surface area contributed by atoms with E-state index in [0.717, 1.165) is 12.8 Å². The molecule has 156 valence electrons. The largest absolute Gasteiger partial charge is 0.457 e. The van der Waals surface area contributed by atoms with Gasteiger partial charge in [0.05, 0.1) is 23.8 Å². The SMILES string of the molecule is CC(C)C(=O)Nc1ccc(Oc2ccc3c(c2)C(=O)N(C[C@@H]2CCCO2)C3=O)cc1. The average molecular weight is 408 g/mol. The van der Waals surface area contributed by atoms with Gasteiger partial charge in [0, 0.05) is 18.2 Å². The lowest BCUT2D eigenvalue weighted by Gasteiger charge is -2.17. The van der Waals surface area contributed by atoms with Gasteiger partial charge in [-0.05, 0) is 55.3 Å². The Bertz CT molecular complexity index is 978. The Hall–Kier alpha value is -3.19. The molecule has 1 saturated heterocycles. The molecule has 7 nitrogen and oxygen atoms in total. The molecule has 2 aromatic rings. The lowest BCUT2D eigenvalue weighted by atomic mass is 10.1. The topological polar surface area (TPSA) is 84.9 Å². The molecule has 1 N–H and O–H groups in total. The van der Waals surface area contributed by atoms with Crippen LogP contribution in [0.1, 0.15) is 47.4 Å². The molecule has 0 spiro atoms. The fraction of sp³-hybridized carbons (Fsp3) is 0.348. The van der Waals surface area contributed by atoms with Gasteiger partial charge in [-0.2, -0.15) is 0 Å². The van der Waals surface area contributed by atoms with Crippen LogP contribution in [0.2, 0.25) is 0 Å². The van der Waals surface area contributed by atoms with Crippen LogP contribution in [0.15, 0.2) is 42.5 Å². The van der Waals surface area contributed by atoms with Gasteiger partial charge in [-0.25, -0.2) is 0 Å². The van der Waals surface area contributed by atoms with E-state index in [2.05, 4.69) is 5.32 Å². The van der Waals surface area contributed by atoms with Crippen molar-refractivity contribution in [3.8, 4) is 11.5 Å². The van der Waals surface area contributed by atoms with E-state index in [4.69, 9.17) is 9.47 Å². The van der Waals surface area contributed by atoms with Crippen molar-refractivity contribution in [3.63, 3.8) is 0 Å². The highest BCUT2D eigenvalue weighted by Gasteiger charge is 2.37. The highest BCUT2D eigenvalue weighted by atomic mass is 16.5. The van der Waals surface area contributed by atoms with E-state index in [9.17, 15) is 14.4 Å². The van der Waals surface area contributed by atoms with Crippen molar-refractivity contribution in [2.45, 2.75) is 32.8 Å². The van der Waals surface area contributed by atoms with E-state index in [1.54, 1.807) is 42.5 Å². The molecule has 4 rings (SSSR count). The van der Waals surface area contributed by atoms with Crippen LogP contribution in [0.25, 0.3) is 0 Å². The number of fused-ring (bicyclic) bond motifs is 1. The molecule has 30 heavy (non-hydrogen) atoms. The summed E-state index contributed by atoms with van der Waals surface area (Å²) >= 11 is 0. The monoisotopic (exact) mass is 408 g/mol.